The van der Waals surface area contributed by atoms with Crippen molar-refractivity contribution < 1.29 is 9.53 Å². The van der Waals surface area contributed by atoms with Crippen molar-refractivity contribution in [2.75, 3.05) is 0 Å². The summed E-state index contributed by atoms with van der Waals surface area (Å²) in [5.74, 6) is 0.352. The molecule has 3 heteroatoms. The number of carbonyl (C=O) groups is 1. The minimum atomic E-state index is -0.367. The van der Waals surface area contributed by atoms with Gasteiger partial charge in [0.05, 0.1) is 0 Å². The first-order valence-corrected chi connectivity index (χ1v) is 5.84. The van der Waals surface area contributed by atoms with E-state index in [0.717, 1.165) is 25.7 Å². The highest BCUT2D eigenvalue weighted by atomic mass is 16.6. The van der Waals surface area contributed by atoms with Crippen LogP contribution in [0.15, 0.2) is 0 Å². The van der Waals surface area contributed by atoms with E-state index in [1.54, 1.807) is 0 Å². The number of carbonyl (C=O) groups excluding carboxylic acids is 1. The molecule has 0 radical (unpaired) electrons. The molecule has 1 fully saturated rings. The predicted octanol–water partition coefficient (Wildman–Crippen LogP) is 2.24. The van der Waals surface area contributed by atoms with E-state index in [-0.39, 0.29) is 17.6 Å². The van der Waals surface area contributed by atoms with Gasteiger partial charge in [-0.3, -0.25) is 4.79 Å². The molecule has 1 rings (SSSR count). The molecule has 0 aromatic heterocycles. The Morgan fingerprint density at radius 2 is 2.07 bits per heavy atom. The number of nitrogens with two attached hydrogens (primary N) is 1. The molecule has 0 aliphatic heterocycles. The zero-order valence-electron chi connectivity index (χ0n) is 10.1. The van der Waals surface area contributed by atoms with Crippen molar-refractivity contribution in [3.05, 3.63) is 0 Å². The van der Waals surface area contributed by atoms with Crippen molar-refractivity contribution in [1.29, 1.82) is 0 Å². The monoisotopic (exact) mass is 213 g/mol. The third-order valence-electron chi connectivity index (χ3n) is 2.70. The van der Waals surface area contributed by atoms with Gasteiger partial charge in [0, 0.05) is 12.5 Å². The molecule has 1 aliphatic rings. The van der Waals surface area contributed by atoms with Crippen LogP contribution in [0.4, 0.5) is 0 Å². The lowest BCUT2D eigenvalue weighted by molar-refractivity contribution is -0.156. The molecule has 0 spiro atoms. The van der Waals surface area contributed by atoms with Crippen LogP contribution in [0.1, 0.15) is 52.9 Å². The zero-order valence-corrected chi connectivity index (χ0v) is 10.1. The Kier molecular flexibility index (Phi) is 4.14. The van der Waals surface area contributed by atoms with Crippen molar-refractivity contribution in [3.63, 3.8) is 0 Å². The van der Waals surface area contributed by atoms with Gasteiger partial charge in [-0.15, -0.1) is 0 Å². The lowest BCUT2D eigenvalue weighted by Crippen LogP contribution is -2.31. The summed E-state index contributed by atoms with van der Waals surface area (Å²) in [6, 6.07) is 0.284. The summed E-state index contributed by atoms with van der Waals surface area (Å²) in [5.41, 5.74) is 5.51. The fraction of sp³-hybridized carbons (Fsp3) is 0.917. The van der Waals surface area contributed by atoms with Crippen LogP contribution in [-0.4, -0.2) is 17.6 Å². The highest BCUT2D eigenvalue weighted by molar-refractivity contribution is 5.70. The van der Waals surface area contributed by atoms with E-state index in [1.165, 1.54) is 0 Å². The summed E-state index contributed by atoms with van der Waals surface area (Å²) in [4.78, 5) is 11.6. The van der Waals surface area contributed by atoms with Gasteiger partial charge >= 0.3 is 5.97 Å². The fourth-order valence-electron chi connectivity index (χ4n) is 2.14. The van der Waals surface area contributed by atoms with E-state index in [0.29, 0.717) is 12.3 Å². The molecule has 0 amide bonds. The van der Waals surface area contributed by atoms with Gasteiger partial charge in [0.2, 0.25) is 0 Å². The molecule has 1 aliphatic carbocycles. The molecular weight excluding hydrogens is 190 g/mol. The van der Waals surface area contributed by atoms with Crippen LogP contribution < -0.4 is 5.73 Å². The predicted molar refractivity (Wildman–Crippen MR) is 60.4 cm³/mol. The number of hydrogen-bond acceptors (Lipinski definition) is 3. The molecule has 3 nitrogen and oxygen atoms in total. The van der Waals surface area contributed by atoms with Crippen LogP contribution in [0.3, 0.4) is 0 Å². The average Bonchev–Trinajstić information content (AvgIpc) is 1.99. The first kappa shape index (κ1) is 12.5. The summed E-state index contributed by atoms with van der Waals surface area (Å²) in [5, 5.41) is 0. The lowest BCUT2D eigenvalue weighted by Gasteiger charge is -2.27. The molecule has 0 saturated heterocycles. The Morgan fingerprint density at radius 3 is 2.60 bits per heavy atom. The van der Waals surface area contributed by atoms with Gasteiger partial charge in [0.1, 0.15) is 5.60 Å². The SMILES string of the molecule is CC(C)(C)OC(=O)C[C@@H]1CCC[C@H](N)C1. The van der Waals surface area contributed by atoms with Gasteiger partial charge in [-0.1, -0.05) is 6.42 Å². The van der Waals surface area contributed by atoms with Crippen molar-refractivity contribution in [1.82, 2.24) is 0 Å². The molecule has 0 unspecified atom stereocenters. The molecule has 2 atom stereocenters. The van der Waals surface area contributed by atoms with Gasteiger partial charge in [-0.25, -0.2) is 0 Å². The van der Waals surface area contributed by atoms with Crippen LogP contribution >= 0.6 is 0 Å². The minimum Gasteiger partial charge on any atom is -0.460 e. The molecule has 15 heavy (non-hydrogen) atoms. The van der Waals surface area contributed by atoms with Crippen LogP contribution in [0.2, 0.25) is 0 Å². The summed E-state index contributed by atoms with van der Waals surface area (Å²) < 4.78 is 5.30. The molecule has 0 aromatic rings. The van der Waals surface area contributed by atoms with Gasteiger partial charge in [0.25, 0.3) is 0 Å². The maximum absolute atomic E-state index is 11.6. The molecule has 0 heterocycles. The van der Waals surface area contributed by atoms with Gasteiger partial charge < -0.3 is 10.5 Å². The van der Waals surface area contributed by atoms with Crippen molar-refractivity contribution >= 4 is 5.97 Å². The van der Waals surface area contributed by atoms with Crippen LogP contribution in [-0.2, 0) is 9.53 Å². The Labute approximate surface area is 92.4 Å². The van der Waals surface area contributed by atoms with Gasteiger partial charge in [-0.2, -0.15) is 0 Å². The van der Waals surface area contributed by atoms with Crippen molar-refractivity contribution in [3.8, 4) is 0 Å². The van der Waals surface area contributed by atoms with E-state index in [4.69, 9.17) is 10.5 Å². The molecular formula is C12H23NO2. The second kappa shape index (κ2) is 4.97. The first-order valence-electron chi connectivity index (χ1n) is 5.84. The molecule has 1 saturated carbocycles. The van der Waals surface area contributed by atoms with E-state index in [1.807, 2.05) is 20.8 Å². The summed E-state index contributed by atoms with van der Waals surface area (Å²) in [6.45, 7) is 5.70. The van der Waals surface area contributed by atoms with Gasteiger partial charge in [-0.05, 0) is 46.0 Å². The zero-order chi connectivity index (χ0) is 11.5. The highest BCUT2D eigenvalue weighted by Gasteiger charge is 2.24. The summed E-state index contributed by atoms with van der Waals surface area (Å²) in [6.07, 6.45) is 4.87. The Morgan fingerprint density at radius 1 is 1.40 bits per heavy atom. The molecule has 2 N–H and O–H groups in total. The maximum Gasteiger partial charge on any atom is 0.306 e. The number of ether oxygens (including phenoxy) is 1. The van der Waals surface area contributed by atoms with Crippen molar-refractivity contribution in [2.24, 2.45) is 11.7 Å². The second-order valence-corrected chi connectivity index (χ2v) is 5.58. The number of hydrogen-bond donors (Lipinski definition) is 1. The van der Waals surface area contributed by atoms with E-state index >= 15 is 0 Å². The quantitative estimate of drug-likeness (QED) is 0.716. The van der Waals surface area contributed by atoms with E-state index in [9.17, 15) is 4.79 Å². The number of esters is 1. The third-order valence-corrected chi connectivity index (χ3v) is 2.70. The fourth-order valence-corrected chi connectivity index (χ4v) is 2.14. The van der Waals surface area contributed by atoms with E-state index < -0.39 is 0 Å². The molecule has 0 bridgehead atoms. The summed E-state index contributed by atoms with van der Waals surface area (Å²) in [7, 11) is 0. The normalized spacial score (nSPS) is 27.5. The molecule has 0 aromatic carbocycles. The van der Waals surface area contributed by atoms with Crippen LogP contribution in [0, 0.1) is 5.92 Å². The van der Waals surface area contributed by atoms with Crippen LogP contribution in [0.25, 0.3) is 0 Å². The Bertz CT molecular complexity index is 220. The average molecular weight is 213 g/mol. The van der Waals surface area contributed by atoms with Gasteiger partial charge in [0.15, 0.2) is 0 Å². The molecule has 88 valence electrons. The van der Waals surface area contributed by atoms with Crippen LogP contribution in [0.5, 0.6) is 0 Å². The second-order valence-electron chi connectivity index (χ2n) is 5.58. The Balaban J connectivity index is 2.31. The Hall–Kier alpha value is -0.570. The highest BCUT2D eigenvalue weighted by Crippen LogP contribution is 2.26. The third kappa shape index (κ3) is 5.17. The largest absolute Gasteiger partial charge is 0.460 e. The maximum atomic E-state index is 11.6. The standard InChI is InChI=1S/C12H23NO2/c1-12(2,3)15-11(14)8-9-5-4-6-10(13)7-9/h9-10H,4-8,13H2,1-3H3/t9-,10+/m1/s1. The minimum absolute atomic E-state index is 0.0819. The van der Waals surface area contributed by atoms with Crippen molar-refractivity contribution in [2.45, 2.75) is 64.5 Å². The lowest BCUT2D eigenvalue weighted by atomic mass is 9.84. The topological polar surface area (TPSA) is 52.3 Å². The van der Waals surface area contributed by atoms with E-state index in [2.05, 4.69) is 0 Å². The first-order chi connectivity index (χ1) is 6.87. The summed E-state index contributed by atoms with van der Waals surface area (Å²) >= 11 is 0. The number of rotatable bonds is 2. The smallest absolute Gasteiger partial charge is 0.306 e.